The highest BCUT2D eigenvalue weighted by Gasteiger charge is 2.13. The summed E-state index contributed by atoms with van der Waals surface area (Å²) in [4.78, 5) is 31.0. The van der Waals surface area contributed by atoms with Crippen molar-refractivity contribution in [1.82, 2.24) is 0 Å². The number of unbranched alkanes of at least 4 members (excludes halogenated alkanes) is 1. The molecule has 1 aromatic carbocycles. The van der Waals surface area contributed by atoms with E-state index in [0.29, 0.717) is 13.0 Å². The molecule has 1 aromatic rings. The molecule has 7 nitrogen and oxygen atoms in total. The van der Waals surface area contributed by atoms with Crippen LogP contribution >= 0.6 is 0 Å². The number of carboxylic acid groups (broad SMARTS) is 2. The number of aliphatic hydroxyl groups excluding tert-OH is 1. The third-order valence-electron chi connectivity index (χ3n) is 2.25. The van der Waals surface area contributed by atoms with Gasteiger partial charge in [-0.05, 0) is 25.0 Å². The third-order valence-corrected chi connectivity index (χ3v) is 2.25. The Labute approximate surface area is 121 Å². The van der Waals surface area contributed by atoms with Crippen LogP contribution in [0.4, 0.5) is 0 Å². The van der Waals surface area contributed by atoms with Crippen LogP contribution in [0, 0.1) is 0 Å². The molecule has 0 amide bonds. The molecule has 0 saturated heterocycles. The lowest BCUT2D eigenvalue weighted by Crippen LogP contribution is -2.06. The Morgan fingerprint density at radius 2 is 1.48 bits per heavy atom. The number of hydrogen-bond donors (Lipinski definition) is 3. The van der Waals surface area contributed by atoms with Gasteiger partial charge in [0.1, 0.15) is 0 Å². The number of aliphatic hydroxyl groups is 1. The zero-order valence-corrected chi connectivity index (χ0v) is 11.6. The molecule has 0 heterocycles. The summed E-state index contributed by atoms with van der Waals surface area (Å²) in [5.74, 6) is -2.71. The quantitative estimate of drug-likeness (QED) is 0.536. The van der Waals surface area contributed by atoms with Gasteiger partial charge in [0.05, 0.1) is 17.7 Å². The van der Waals surface area contributed by atoms with Gasteiger partial charge in [0, 0.05) is 13.5 Å². The molecule has 0 aliphatic heterocycles. The molecule has 0 bridgehead atoms. The molecule has 0 saturated carbocycles. The van der Waals surface area contributed by atoms with Crippen LogP contribution in [0.3, 0.4) is 0 Å². The first-order valence-corrected chi connectivity index (χ1v) is 6.20. The predicted molar refractivity (Wildman–Crippen MR) is 73.3 cm³/mol. The number of ether oxygens (including phenoxy) is 1. The third kappa shape index (κ3) is 8.38. The first kappa shape index (κ1) is 18.6. The highest BCUT2D eigenvalue weighted by atomic mass is 16.5. The second-order valence-corrected chi connectivity index (χ2v) is 3.93. The lowest BCUT2D eigenvalue weighted by atomic mass is 10.1. The zero-order valence-electron chi connectivity index (χ0n) is 11.6. The van der Waals surface area contributed by atoms with Crippen LogP contribution < -0.4 is 0 Å². The maximum absolute atomic E-state index is 10.5. The molecule has 0 spiro atoms. The molecule has 0 aliphatic carbocycles. The molecule has 0 aromatic heterocycles. The topological polar surface area (TPSA) is 121 Å². The summed E-state index contributed by atoms with van der Waals surface area (Å²) in [5.41, 5.74) is -0.380. The summed E-state index contributed by atoms with van der Waals surface area (Å²) in [6.45, 7) is 1.97. The Morgan fingerprint density at radius 3 is 1.81 bits per heavy atom. The van der Waals surface area contributed by atoms with E-state index >= 15 is 0 Å². The summed E-state index contributed by atoms with van der Waals surface area (Å²) in [6.07, 6.45) is 1.45. The molecule has 0 fully saturated rings. The van der Waals surface area contributed by atoms with Crippen molar-refractivity contribution < 1.29 is 34.4 Å². The molecule has 21 heavy (non-hydrogen) atoms. The van der Waals surface area contributed by atoms with E-state index < -0.39 is 11.9 Å². The van der Waals surface area contributed by atoms with E-state index in [-0.39, 0.29) is 23.7 Å². The van der Waals surface area contributed by atoms with Gasteiger partial charge in [0.15, 0.2) is 0 Å². The van der Waals surface area contributed by atoms with Gasteiger partial charge in [-0.25, -0.2) is 9.59 Å². The number of carbonyl (C=O) groups excluding carboxylic acids is 1. The van der Waals surface area contributed by atoms with E-state index in [2.05, 4.69) is 4.74 Å². The number of carboxylic acids is 2. The number of benzene rings is 1. The molecule has 0 radical (unpaired) electrons. The number of aromatic carboxylic acids is 2. The van der Waals surface area contributed by atoms with Gasteiger partial charge in [-0.3, -0.25) is 4.79 Å². The second-order valence-electron chi connectivity index (χ2n) is 3.93. The van der Waals surface area contributed by atoms with E-state index in [1.54, 1.807) is 0 Å². The van der Waals surface area contributed by atoms with Crippen LogP contribution in [0.25, 0.3) is 0 Å². The fourth-order valence-corrected chi connectivity index (χ4v) is 1.29. The molecule has 0 unspecified atom stereocenters. The Kier molecular flexibility index (Phi) is 9.19. The summed E-state index contributed by atoms with van der Waals surface area (Å²) in [6, 6.07) is 5.48. The normalized spacial score (nSPS) is 9.24. The summed E-state index contributed by atoms with van der Waals surface area (Å²) in [7, 11) is 0. The molecule has 0 aliphatic rings. The number of esters is 1. The Bertz CT molecular complexity index is 449. The second kappa shape index (κ2) is 10.4. The average Bonchev–Trinajstić information content (AvgIpc) is 2.44. The van der Waals surface area contributed by atoms with Gasteiger partial charge >= 0.3 is 17.9 Å². The van der Waals surface area contributed by atoms with Crippen LogP contribution in [0.1, 0.15) is 40.5 Å². The van der Waals surface area contributed by atoms with E-state index in [1.807, 2.05) is 0 Å². The SMILES string of the molecule is CC(=O)OCCCCO.O=C(O)c1ccccc1C(=O)O. The Balaban J connectivity index is 0.000000400. The Morgan fingerprint density at radius 1 is 1.00 bits per heavy atom. The number of rotatable bonds is 6. The minimum absolute atomic E-state index is 0.168. The van der Waals surface area contributed by atoms with Crippen LogP contribution in [0.15, 0.2) is 24.3 Å². The largest absolute Gasteiger partial charge is 0.478 e. The van der Waals surface area contributed by atoms with Crippen LogP contribution in [0.2, 0.25) is 0 Å². The minimum atomic E-state index is -1.23. The van der Waals surface area contributed by atoms with Gasteiger partial charge < -0.3 is 20.1 Å². The average molecular weight is 298 g/mol. The first-order valence-electron chi connectivity index (χ1n) is 6.20. The molecule has 0 atom stereocenters. The van der Waals surface area contributed by atoms with E-state index in [9.17, 15) is 14.4 Å². The molecule has 116 valence electrons. The smallest absolute Gasteiger partial charge is 0.336 e. The van der Waals surface area contributed by atoms with Gasteiger partial charge in [-0.2, -0.15) is 0 Å². The van der Waals surface area contributed by atoms with Crippen molar-refractivity contribution in [3.8, 4) is 0 Å². The van der Waals surface area contributed by atoms with E-state index in [1.165, 1.54) is 31.2 Å². The van der Waals surface area contributed by atoms with Crippen molar-refractivity contribution in [2.24, 2.45) is 0 Å². The van der Waals surface area contributed by atoms with Crippen molar-refractivity contribution >= 4 is 17.9 Å². The van der Waals surface area contributed by atoms with Gasteiger partial charge in [0.25, 0.3) is 0 Å². The summed E-state index contributed by atoms with van der Waals surface area (Å²) in [5, 5.41) is 25.4. The van der Waals surface area contributed by atoms with Gasteiger partial charge in [-0.15, -0.1) is 0 Å². The van der Waals surface area contributed by atoms with Crippen molar-refractivity contribution in [3.05, 3.63) is 35.4 Å². The van der Waals surface area contributed by atoms with Crippen LogP contribution in [-0.4, -0.2) is 46.4 Å². The minimum Gasteiger partial charge on any atom is -0.478 e. The highest BCUT2D eigenvalue weighted by molar-refractivity contribution is 6.01. The van der Waals surface area contributed by atoms with Crippen LogP contribution in [-0.2, 0) is 9.53 Å². The number of hydrogen-bond acceptors (Lipinski definition) is 5. The molecule has 7 heteroatoms. The van der Waals surface area contributed by atoms with Gasteiger partial charge in [-0.1, -0.05) is 12.1 Å². The monoisotopic (exact) mass is 298 g/mol. The van der Waals surface area contributed by atoms with Crippen molar-refractivity contribution in [1.29, 1.82) is 0 Å². The summed E-state index contributed by atoms with van der Waals surface area (Å²) < 4.78 is 4.59. The maximum Gasteiger partial charge on any atom is 0.336 e. The summed E-state index contributed by atoms with van der Waals surface area (Å²) >= 11 is 0. The molecule has 3 N–H and O–H groups in total. The van der Waals surface area contributed by atoms with Crippen LogP contribution in [0.5, 0.6) is 0 Å². The van der Waals surface area contributed by atoms with Crippen molar-refractivity contribution in [2.75, 3.05) is 13.2 Å². The molecule has 1 rings (SSSR count). The number of carbonyl (C=O) groups is 3. The fourth-order valence-electron chi connectivity index (χ4n) is 1.29. The lowest BCUT2D eigenvalue weighted by Gasteiger charge is -1.98. The van der Waals surface area contributed by atoms with E-state index in [0.717, 1.165) is 6.42 Å². The standard InChI is InChI=1S/C8H6O4.C6H12O3/c9-7(10)5-3-1-2-4-6(5)8(11)12;1-6(8)9-5-3-2-4-7/h1-4H,(H,9,10)(H,11,12);7H,2-5H2,1H3. The first-order chi connectivity index (χ1) is 9.90. The predicted octanol–water partition coefficient (Wildman–Crippen LogP) is 1.41. The van der Waals surface area contributed by atoms with Crippen molar-refractivity contribution in [3.63, 3.8) is 0 Å². The Hall–Kier alpha value is -2.41. The molecular weight excluding hydrogens is 280 g/mol. The maximum atomic E-state index is 10.5. The highest BCUT2D eigenvalue weighted by Crippen LogP contribution is 2.07. The van der Waals surface area contributed by atoms with Gasteiger partial charge in [0.2, 0.25) is 0 Å². The lowest BCUT2D eigenvalue weighted by molar-refractivity contribution is -0.141. The van der Waals surface area contributed by atoms with E-state index in [4.69, 9.17) is 15.3 Å². The zero-order chi connectivity index (χ0) is 16.3. The fraction of sp³-hybridized carbons (Fsp3) is 0.357. The molecular formula is C14H18O7. The van der Waals surface area contributed by atoms with Crippen molar-refractivity contribution in [2.45, 2.75) is 19.8 Å².